The van der Waals surface area contributed by atoms with E-state index >= 15 is 0 Å². The van der Waals surface area contributed by atoms with Gasteiger partial charge in [-0.15, -0.1) is 0 Å². The molecule has 1 saturated carbocycles. The summed E-state index contributed by atoms with van der Waals surface area (Å²) in [5, 5.41) is 41.4. The minimum Gasteiger partial charge on any atom is -0.396 e. The fourth-order valence-electron chi connectivity index (χ4n) is 5.04. The van der Waals surface area contributed by atoms with Crippen molar-refractivity contribution in [3.63, 3.8) is 0 Å². The number of allylic oxidation sites excluding steroid dienone is 1. The molecule has 6 atom stereocenters. The number of nitrogens with one attached hydrogen (secondary N) is 1. The molecule has 3 aliphatic rings. The van der Waals surface area contributed by atoms with E-state index in [0.29, 0.717) is 11.6 Å². The molecule has 7 rings (SSSR count). The average Bonchev–Trinajstić information content (AvgIpc) is 3.27. The van der Waals surface area contributed by atoms with Crippen LogP contribution in [0, 0.1) is 5.92 Å². The number of ether oxygens (including phenoxy) is 1. The molecule has 2 fully saturated rings. The molecule has 0 bridgehead atoms. The Labute approximate surface area is 232 Å². The Morgan fingerprint density at radius 2 is 1.54 bits per heavy atom. The third-order valence-corrected chi connectivity index (χ3v) is 7.36. The summed E-state index contributed by atoms with van der Waals surface area (Å²) in [4.78, 5) is 24.9. The van der Waals surface area contributed by atoms with Gasteiger partial charge in [-0.2, -0.15) is 19.9 Å². The topological polar surface area (TPSA) is 267 Å². The van der Waals surface area contributed by atoms with Crippen molar-refractivity contribution in [2.75, 3.05) is 35.7 Å². The van der Waals surface area contributed by atoms with Gasteiger partial charge >= 0.3 is 0 Å². The quantitative estimate of drug-likeness (QED) is 0.125. The number of nitrogens with zero attached hydrogens (tertiary/aromatic N) is 8. The fourth-order valence-corrected chi connectivity index (χ4v) is 5.04. The van der Waals surface area contributed by atoms with Crippen molar-refractivity contribution in [3.05, 3.63) is 24.8 Å². The van der Waals surface area contributed by atoms with E-state index in [1.165, 1.54) is 10.9 Å². The zero-order valence-corrected chi connectivity index (χ0v) is 21.9. The summed E-state index contributed by atoms with van der Waals surface area (Å²) in [6, 6.07) is 0.646. The average molecular weight is 569 g/mol. The Morgan fingerprint density at radius 3 is 2.20 bits per heavy atom. The van der Waals surface area contributed by atoms with Crippen LogP contribution < -0.4 is 22.5 Å². The molecule has 4 aromatic rings. The molecule has 0 radical (unpaired) electrons. The molecule has 11 N–H and O–H groups in total. The number of imidazole rings is 2. The highest BCUT2D eigenvalue weighted by molar-refractivity contribution is 5.84. The first-order valence-corrected chi connectivity index (χ1v) is 13.2. The molecule has 1 aliphatic heterocycles. The van der Waals surface area contributed by atoms with Crippen LogP contribution in [0.4, 0.5) is 23.5 Å². The molecule has 17 nitrogen and oxygen atoms in total. The van der Waals surface area contributed by atoms with Crippen LogP contribution in [0.3, 0.4) is 0 Å². The largest absolute Gasteiger partial charge is 0.396 e. The van der Waals surface area contributed by atoms with Crippen molar-refractivity contribution in [1.82, 2.24) is 39.0 Å². The van der Waals surface area contributed by atoms with Crippen molar-refractivity contribution < 1.29 is 25.2 Å². The molecule has 5 heterocycles. The highest BCUT2D eigenvalue weighted by Gasteiger charge is 2.44. The molecule has 1 saturated heterocycles. The summed E-state index contributed by atoms with van der Waals surface area (Å²) < 4.78 is 8.81. The lowest BCUT2D eigenvalue weighted by atomic mass is 10.1. The number of fused-ring (bicyclic) bond motifs is 2. The van der Waals surface area contributed by atoms with Gasteiger partial charge in [-0.1, -0.05) is 12.2 Å². The smallest absolute Gasteiger partial charge is 0.224 e. The van der Waals surface area contributed by atoms with E-state index in [0.717, 1.165) is 36.2 Å². The maximum absolute atomic E-state index is 9.99. The summed E-state index contributed by atoms with van der Waals surface area (Å²) in [5.74, 6) is 1.25. The van der Waals surface area contributed by atoms with Crippen LogP contribution in [0.5, 0.6) is 0 Å². The molecule has 0 aromatic carbocycles. The minimum absolute atomic E-state index is 0.0384. The molecule has 0 spiro atoms. The van der Waals surface area contributed by atoms with Gasteiger partial charge in [0, 0.05) is 18.6 Å². The van der Waals surface area contributed by atoms with Crippen LogP contribution in [0.2, 0.25) is 0 Å². The Bertz CT molecular complexity index is 1590. The maximum Gasteiger partial charge on any atom is 0.224 e. The first-order chi connectivity index (χ1) is 19.8. The molecule has 17 heteroatoms. The second kappa shape index (κ2) is 10.7. The monoisotopic (exact) mass is 568 g/mol. The van der Waals surface area contributed by atoms with E-state index in [9.17, 15) is 15.3 Å². The van der Waals surface area contributed by atoms with Gasteiger partial charge in [0.25, 0.3) is 0 Å². The van der Waals surface area contributed by atoms with Crippen LogP contribution in [-0.2, 0) is 4.74 Å². The predicted molar refractivity (Wildman–Crippen MR) is 147 cm³/mol. The molecule has 1 unspecified atom stereocenters. The Kier molecular flexibility index (Phi) is 7.04. The van der Waals surface area contributed by atoms with Crippen LogP contribution in [0.15, 0.2) is 24.8 Å². The molecule has 4 aromatic heterocycles. The molecule has 0 amide bonds. The number of aliphatic hydroxyl groups excluding tert-OH is 4. The third-order valence-electron chi connectivity index (χ3n) is 7.36. The minimum atomic E-state index is -1.23. The SMILES string of the molecule is Nc1nc(N)c2ncn(C3O[C@H](CO)[C@@H](O)[C@@H]3O)c2n1.Nc1nc(NC2CC2)c2ncn([C@H]3C=C[C@@H](CO)C3)c2n1. The number of nitrogen functional groups attached to an aromatic ring is 3. The highest BCUT2D eigenvalue weighted by atomic mass is 16.6. The Morgan fingerprint density at radius 1 is 0.854 bits per heavy atom. The van der Waals surface area contributed by atoms with Crippen LogP contribution in [-0.4, -0.2) is 97.0 Å². The molecular weight excluding hydrogens is 536 g/mol. The van der Waals surface area contributed by atoms with Crippen LogP contribution in [0.1, 0.15) is 31.5 Å². The number of rotatable bonds is 6. The third kappa shape index (κ3) is 5.08. The van der Waals surface area contributed by atoms with E-state index in [1.54, 1.807) is 6.33 Å². The lowest BCUT2D eigenvalue weighted by Crippen LogP contribution is -2.33. The fraction of sp³-hybridized carbons (Fsp3) is 0.500. The molecule has 2 aliphatic carbocycles. The van der Waals surface area contributed by atoms with E-state index in [4.69, 9.17) is 27.0 Å². The summed E-state index contributed by atoms with van der Waals surface area (Å²) in [5.41, 5.74) is 19.2. The highest BCUT2D eigenvalue weighted by Crippen LogP contribution is 2.34. The van der Waals surface area contributed by atoms with Crippen LogP contribution in [0.25, 0.3) is 22.3 Å². The summed E-state index contributed by atoms with van der Waals surface area (Å²) in [6.45, 7) is -0.244. The number of aliphatic hydroxyl groups is 4. The van der Waals surface area contributed by atoms with Crippen molar-refractivity contribution in [2.24, 2.45) is 5.92 Å². The first-order valence-electron chi connectivity index (χ1n) is 13.2. The van der Waals surface area contributed by atoms with E-state index in [2.05, 4.69) is 41.3 Å². The Hall–Kier alpha value is -4.16. The van der Waals surface area contributed by atoms with E-state index in [-0.39, 0.29) is 41.9 Å². The lowest BCUT2D eigenvalue weighted by molar-refractivity contribution is -0.0511. The van der Waals surface area contributed by atoms with Gasteiger partial charge in [-0.25, -0.2) is 9.97 Å². The Balaban J connectivity index is 0.000000148. The second-order valence-corrected chi connectivity index (χ2v) is 10.3. The van der Waals surface area contributed by atoms with Gasteiger partial charge in [0.05, 0.1) is 25.3 Å². The predicted octanol–water partition coefficient (Wildman–Crippen LogP) is -1.31. The number of hydrogen-bond acceptors (Lipinski definition) is 15. The standard InChI is InChI=1S/C14H18N6O.C10H14N6O4/c15-14-18-12(17-9-2-3-9)11-13(19-14)20(7-16-11)10-4-1-8(5-10)6-21;11-7-4-8(15-10(12)14-7)16(2-13-4)9-6(19)5(18)3(1-17)20-9/h1,4,7-10,21H,2-3,5-6H2,(H3,15,17,18,19);2-3,5-6,9,17-19H,1H2,(H4,11,12,14,15)/t8-,10+;3-,5-,6+,9?/m11/s1. The zero-order valence-electron chi connectivity index (χ0n) is 21.9. The van der Waals surface area contributed by atoms with Gasteiger partial charge < -0.3 is 52.2 Å². The van der Waals surface area contributed by atoms with Crippen molar-refractivity contribution in [2.45, 2.75) is 55.9 Å². The number of aromatic nitrogens is 8. The number of hydrogen-bond donors (Lipinski definition) is 8. The summed E-state index contributed by atoms with van der Waals surface area (Å²) in [6.07, 6.45) is 6.19. The second-order valence-electron chi connectivity index (χ2n) is 10.3. The van der Waals surface area contributed by atoms with Gasteiger partial charge in [0.1, 0.15) is 23.8 Å². The van der Waals surface area contributed by atoms with E-state index in [1.807, 2.05) is 10.6 Å². The van der Waals surface area contributed by atoms with Crippen molar-refractivity contribution >= 4 is 45.9 Å². The van der Waals surface area contributed by atoms with Gasteiger partial charge in [0.15, 0.2) is 34.7 Å². The summed E-state index contributed by atoms with van der Waals surface area (Å²) >= 11 is 0. The maximum atomic E-state index is 9.99. The number of nitrogens with two attached hydrogens (primary N) is 3. The molecule has 218 valence electrons. The molecular formula is C24H32N12O5. The molecule has 41 heavy (non-hydrogen) atoms. The number of anilines is 4. The van der Waals surface area contributed by atoms with Gasteiger partial charge in [-0.05, 0) is 19.3 Å². The zero-order chi connectivity index (χ0) is 28.8. The van der Waals surface area contributed by atoms with Crippen LogP contribution >= 0.6 is 0 Å². The van der Waals surface area contributed by atoms with Crippen molar-refractivity contribution in [3.8, 4) is 0 Å². The summed E-state index contributed by atoms with van der Waals surface area (Å²) in [7, 11) is 0. The lowest BCUT2D eigenvalue weighted by Gasteiger charge is -2.16. The van der Waals surface area contributed by atoms with Gasteiger partial charge in [0.2, 0.25) is 11.9 Å². The van der Waals surface area contributed by atoms with Crippen molar-refractivity contribution in [1.29, 1.82) is 0 Å². The van der Waals surface area contributed by atoms with E-state index < -0.39 is 31.1 Å². The first kappa shape index (κ1) is 27.0. The normalized spacial score (nSPS) is 27.4. The van der Waals surface area contributed by atoms with Gasteiger partial charge in [-0.3, -0.25) is 4.57 Å².